The van der Waals surface area contributed by atoms with Crippen molar-refractivity contribution in [2.24, 2.45) is 0 Å². The third-order valence-electron chi connectivity index (χ3n) is 6.15. The number of rotatable bonds is 6. The summed E-state index contributed by atoms with van der Waals surface area (Å²) in [4.78, 5) is 17.4. The van der Waals surface area contributed by atoms with Gasteiger partial charge in [0.05, 0.1) is 15.4 Å². The standard InChI is InChI=1S/C23H23ClN6O3S2.H2/c1-16(30-10-9-17-3-2-4-20(24)21(17)30)22(31)29-13-11-28(12-14-29)18-5-7-19(8-6-18)35(32,33)27-23-26-25-15-34-23;/h2-10,15-16H,11-14H2,1H3,(H,26,27);1H. The first-order valence-electron chi connectivity index (χ1n) is 11.0. The largest absolute Gasteiger partial charge is 0.368 e. The number of carbonyl (C=O) groups is 1. The molecule has 1 aliphatic rings. The number of fused-ring (bicyclic) bond motifs is 1. The Labute approximate surface area is 213 Å². The number of carbonyl (C=O) groups excluding carboxylic acids is 1. The molecule has 12 heteroatoms. The van der Waals surface area contributed by atoms with Crippen molar-refractivity contribution in [2.45, 2.75) is 17.9 Å². The molecule has 0 radical (unpaired) electrons. The highest BCUT2D eigenvalue weighted by molar-refractivity contribution is 7.93. The van der Waals surface area contributed by atoms with Crippen LogP contribution in [-0.2, 0) is 14.8 Å². The lowest BCUT2D eigenvalue weighted by Crippen LogP contribution is -2.50. The van der Waals surface area contributed by atoms with Crippen molar-refractivity contribution in [3.8, 4) is 0 Å². The number of hydrogen-bond donors (Lipinski definition) is 1. The van der Waals surface area contributed by atoms with Crippen LogP contribution in [0.25, 0.3) is 10.9 Å². The molecule has 1 atom stereocenters. The van der Waals surface area contributed by atoms with Gasteiger partial charge in [0.15, 0.2) is 0 Å². The maximum atomic E-state index is 13.2. The van der Waals surface area contributed by atoms with Gasteiger partial charge in [-0.25, -0.2) is 8.42 Å². The Morgan fingerprint density at radius 1 is 1.11 bits per heavy atom. The van der Waals surface area contributed by atoms with Crippen LogP contribution in [0, 0.1) is 0 Å². The highest BCUT2D eigenvalue weighted by Crippen LogP contribution is 2.28. The van der Waals surface area contributed by atoms with Gasteiger partial charge in [-0.2, -0.15) is 0 Å². The Hall–Kier alpha value is -3.15. The quantitative estimate of drug-likeness (QED) is 0.401. The monoisotopic (exact) mass is 532 g/mol. The number of hydrogen-bond acceptors (Lipinski definition) is 7. The molecule has 0 spiro atoms. The van der Waals surface area contributed by atoms with Gasteiger partial charge in [0.25, 0.3) is 10.0 Å². The summed E-state index contributed by atoms with van der Waals surface area (Å²) in [6, 6.07) is 14.0. The molecule has 4 aromatic rings. The Kier molecular flexibility index (Phi) is 6.39. The molecule has 184 valence electrons. The molecule has 0 saturated carbocycles. The Morgan fingerprint density at radius 2 is 1.86 bits per heavy atom. The van der Waals surface area contributed by atoms with Crippen molar-refractivity contribution in [3.63, 3.8) is 0 Å². The number of anilines is 2. The highest BCUT2D eigenvalue weighted by atomic mass is 35.5. The second-order valence-corrected chi connectivity index (χ2v) is 11.2. The third-order valence-corrected chi connectivity index (χ3v) is 8.55. The first-order chi connectivity index (χ1) is 16.8. The van der Waals surface area contributed by atoms with E-state index >= 15 is 0 Å². The molecule has 9 nitrogen and oxygen atoms in total. The third kappa shape index (κ3) is 4.71. The number of para-hydroxylation sites is 1. The molecule has 1 N–H and O–H groups in total. The number of amides is 1. The molecule has 2 aromatic carbocycles. The van der Waals surface area contributed by atoms with Crippen molar-refractivity contribution in [1.29, 1.82) is 0 Å². The molecule has 1 amide bonds. The summed E-state index contributed by atoms with van der Waals surface area (Å²) < 4.78 is 29.4. The van der Waals surface area contributed by atoms with E-state index in [0.29, 0.717) is 31.2 Å². The van der Waals surface area contributed by atoms with Gasteiger partial charge in [0, 0.05) is 44.9 Å². The van der Waals surface area contributed by atoms with Gasteiger partial charge in [-0.3, -0.25) is 9.52 Å². The lowest BCUT2D eigenvalue weighted by molar-refractivity contribution is -0.134. The lowest BCUT2D eigenvalue weighted by atomic mass is 10.2. The topological polar surface area (TPSA) is 100 Å². The highest BCUT2D eigenvalue weighted by Gasteiger charge is 2.27. The minimum absolute atomic E-state index is 0. The van der Waals surface area contributed by atoms with E-state index in [1.165, 1.54) is 5.51 Å². The van der Waals surface area contributed by atoms with E-state index in [4.69, 9.17) is 11.6 Å². The Bertz CT molecular complexity index is 1450. The molecule has 35 heavy (non-hydrogen) atoms. The lowest BCUT2D eigenvalue weighted by Gasteiger charge is -2.37. The smallest absolute Gasteiger partial charge is 0.263 e. The summed E-state index contributed by atoms with van der Waals surface area (Å²) in [7, 11) is -3.73. The normalized spacial score (nSPS) is 15.4. The predicted octanol–water partition coefficient (Wildman–Crippen LogP) is 4.10. The summed E-state index contributed by atoms with van der Waals surface area (Å²) in [5.41, 5.74) is 3.23. The van der Waals surface area contributed by atoms with E-state index in [9.17, 15) is 13.2 Å². The van der Waals surface area contributed by atoms with Gasteiger partial charge in [-0.05, 0) is 43.3 Å². The molecule has 2 aromatic heterocycles. The van der Waals surface area contributed by atoms with E-state index < -0.39 is 10.0 Å². The SMILES string of the molecule is CC(C(=O)N1CCN(c2ccc(S(=O)(=O)Nc3nncs3)cc2)CC1)n1ccc2cccc(Cl)c21.[HH]. The van der Waals surface area contributed by atoms with Crippen molar-refractivity contribution >= 4 is 60.6 Å². The van der Waals surface area contributed by atoms with Crippen molar-refractivity contribution in [2.75, 3.05) is 35.8 Å². The molecule has 1 saturated heterocycles. The zero-order valence-electron chi connectivity index (χ0n) is 18.8. The molecule has 1 aliphatic heterocycles. The number of nitrogens with one attached hydrogen (secondary N) is 1. The molecule has 5 rings (SSSR count). The maximum absolute atomic E-state index is 13.2. The molecule has 0 aliphatic carbocycles. The minimum Gasteiger partial charge on any atom is -0.368 e. The van der Waals surface area contributed by atoms with Crippen LogP contribution >= 0.6 is 22.9 Å². The molecule has 3 heterocycles. The number of sulfonamides is 1. The second-order valence-electron chi connectivity index (χ2n) is 8.23. The number of piperazine rings is 1. The minimum atomic E-state index is -3.73. The molecule has 1 unspecified atom stereocenters. The van der Waals surface area contributed by atoms with Crippen LogP contribution in [0.3, 0.4) is 0 Å². The van der Waals surface area contributed by atoms with Crippen molar-refractivity contribution < 1.29 is 14.6 Å². The summed E-state index contributed by atoms with van der Waals surface area (Å²) >= 11 is 7.51. The van der Waals surface area contributed by atoms with Gasteiger partial charge in [0.2, 0.25) is 11.0 Å². The number of benzene rings is 2. The average molecular weight is 533 g/mol. The average Bonchev–Trinajstić information content (AvgIpc) is 3.54. The van der Waals surface area contributed by atoms with Crippen LogP contribution in [-0.4, -0.2) is 60.2 Å². The Morgan fingerprint density at radius 3 is 2.54 bits per heavy atom. The fourth-order valence-electron chi connectivity index (χ4n) is 4.29. The van der Waals surface area contributed by atoms with Crippen LogP contribution in [0.4, 0.5) is 10.8 Å². The fourth-order valence-corrected chi connectivity index (χ4v) is 6.26. The van der Waals surface area contributed by atoms with E-state index in [-0.39, 0.29) is 23.4 Å². The van der Waals surface area contributed by atoms with E-state index in [0.717, 1.165) is 27.9 Å². The number of halogens is 1. The van der Waals surface area contributed by atoms with Gasteiger partial charge < -0.3 is 14.4 Å². The molecule has 0 bridgehead atoms. The van der Waals surface area contributed by atoms with Gasteiger partial charge in [-0.1, -0.05) is 35.1 Å². The van der Waals surface area contributed by atoms with Crippen LogP contribution in [0.15, 0.2) is 65.1 Å². The van der Waals surface area contributed by atoms with E-state index in [1.807, 2.05) is 46.9 Å². The zero-order valence-corrected chi connectivity index (χ0v) is 21.2. The molecular weight excluding hydrogens is 508 g/mol. The first-order valence-corrected chi connectivity index (χ1v) is 13.8. The van der Waals surface area contributed by atoms with Crippen LogP contribution in [0.2, 0.25) is 5.02 Å². The summed E-state index contributed by atoms with van der Waals surface area (Å²) in [6.45, 7) is 4.36. The summed E-state index contributed by atoms with van der Waals surface area (Å²) in [5, 5.41) is 9.21. The van der Waals surface area contributed by atoms with Gasteiger partial charge in [0.1, 0.15) is 11.6 Å². The van der Waals surface area contributed by atoms with E-state index in [2.05, 4.69) is 19.8 Å². The Balaban J connectivity index is 0.00000304. The predicted molar refractivity (Wildman–Crippen MR) is 140 cm³/mol. The van der Waals surface area contributed by atoms with Gasteiger partial charge >= 0.3 is 0 Å². The molecular formula is C23H25ClN6O3S2. The van der Waals surface area contributed by atoms with Crippen LogP contribution in [0.5, 0.6) is 0 Å². The second kappa shape index (κ2) is 9.48. The molecule has 1 fully saturated rings. The zero-order chi connectivity index (χ0) is 24.6. The van der Waals surface area contributed by atoms with E-state index in [1.54, 1.807) is 24.3 Å². The van der Waals surface area contributed by atoms with Crippen LogP contribution < -0.4 is 9.62 Å². The van der Waals surface area contributed by atoms with Crippen LogP contribution in [0.1, 0.15) is 14.4 Å². The number of nitrogens with zero attached hydrogens (tertiary/aromatic N) is 5. The maximum Gasteiger partial charge on any atom is 0.263 e. The number of aromatic nitrogens is 3. The van der Waals surface area contributed by atoms with Gasteiger partial charge in [-0.15, -0.1) is 10.2 Å². The summed E-state index contributed by atoms with van der Waals surface area (Å²) in [5.74, 6) is 0.0475. The summed E-state index contributed by atoms with van der Waals surface area (Å²) in [6.07, 6.45) is 1.91. The van der Waals surface area contributed by atoms with Crippen molar-refractivity contribution in [1.82, 2.24) is 19.7 Å². The fraction of sp³-hybridized carbons (Fsp3) is 0.261. The van der Waals surface area contributed by atoms with Crippen molar-refractivity contribution in [3.05, 3.63) is 65.3 Å². The first kappa shape index (κ1) is 23.6.